The van der Waals surface area contributed by atoms with Crippen LogP contribution in [0.3, 0.4) is 0 Å². The third-order valence-corrected chi connectivity index (χ3v) is 1.85. The Labute approximate surface area is 74.4 Å². The topological polar surface area (TPSA) is 65.2 Å². The molecule has 1 aromatic heterocycles. The van der Waals surface area contributed by atoms with Gasteiger partial charge in [-0.25, -0.2) is 4.98 Å². The number of hydrogen-bond donors (Lipinski definition) is 1. The summed E-state index contributed by atoms with van der Waals surface area (Å²) < 4.78 is 4.73. The number of rotatable bonds is 3. The van der Waals surface area contributed by atoms with E-state index < -0.39 is 6.23 Å². The first kappa shape index (κ1) is 9.15. The molecule has 12 heavy (non-hydrogen) atoms. The molecule has 0 radical (unpaired) electrons. The lowest BCUT2D eigenvalue weighted by molar-refractivity contribution is -0.145. The van der Waals surface area contributed by atoms with Gasteiger partial charge in [0.15, 0.2) is 6.23 Å². The third-order valence-electron chi connectivity index (χ3n) is 1.21. The van der Waals surface area contributed by atoms with Crippen LogP contribution in [0.25, 0.3) is 0 Å². The van der Waals surface area contributed by atoms with Gasteiger partial charge in [-0.2, -0.15) is 0 Å². The van der Waals surface area contributed by atoms with Gasteiger partial charge in [0.2, 0.25) is 0 Å². The molecule has 0 amide bonds. The Hall–Kier alpha value is -0.940. The first-order valence-electron chi connectivity index (χ1n) is 3.48. The number of nitrogens with two attached hydrogens (primary N) is 1. The lowest BCUT2D eigenvalue weighted by Gasteiger charge is -2.09. The minimum atomic E-state index is -0.579. The van der Waals surface area contributed by atoms with Crippen molar-refractivity contribution in [1.29, 1.82) is 0 Å². The van der Waals surface area contributed by atoms with E-state index in [9.17, 15) is 4.79 Å². The van der Waals surface area contributed by atoms with Crippen LogP contribution >= 0.6 is 11.3 Å². The lowest BCUT2D eigenvalue weighted by atomic mass is 10.3. The number of ether oxygens (including phenoxy) is 1. The Morgan fingerprint density at radius 2 is 2.67 bits per heavy atom. The van der Waals surface area contributed by atoms with Crippen molar-refractivity contribution in [3.05, 3.63) is 16.6 Å². The summed E-state index contributed by atoms with van der Waals surface area (Å²) in [4.78, 5) is 14.5. The van der Waals surface area contributed by atoms with Crippen LogP contribution in [0.5, 0.6) is 0 Å². The van der Waals surface area contributed by atoms with Crippen LogP contribution in [0.1, 0.15) is 12.6 Å². The van der Waals surface area contributed by atoms with Crippen LogP contribution in [0.2, 0.25) is 0 Å². The fraction of sp³-hybridized carbons (Fsp3) is 0.429. The summed E-state index contributed by atoms with van der Waals surface area (Å²) in [5.74, 6) is -0.363. The Balaban J connectivity index is 2.36. The van der Waals surface area contributed by atoms with Crippen molar-refractivity contribution in [3.63, 3.8) is 0 Å². The minimum absolute atomic E-state index is 0.363. The monoisotopic (exact) mass is 186 g/mol. The summed E-state index contributed by atoms with van der Waals surface area (Å²) in [7, 11) is 0. The molecule has 1 rings (SSSR count). The summed E-state index contributed by atoms with van der Waals surface area (Å²) in [6, 6.07) is 0. The summed E-state index contributed by atoms with van der Waals surface area (Å²) in [5, 5.41) is 1.88. The number of nitrogens with zero attached hydrogens (tertiary/aromatic N) is 1. The van der Waals surface area contributed by atoms with Crippen LogP contribution in [-0.4, -0.2) is 17.2 Å². The van der Waals surface area contributed by atoms with Crippen molar-refractivity contribution in [3.8, 4) is 0 Å². The van der Waals surface area contributed by atoms with Gasteiger partial charge < -0.3 is 4.74 Å². The van der Waals surface area contributed by atoms with Crippen molar-refractivity contribution in [1.82, 2.24) is 4.98 Å². The summed E-state index contributed by atoms with van der Waals surface area (Å²) in [6.45, 7) is 1.33. The molecule has 1 unspecified atom stereocenters. The quantitative estimate of drug-likeness (QED) is 0.552. The molecular formula is C7H10N2O2S. The van der Waals surface area contributed by atoms with Crippen LogP contribution < -0.4 is 5.73 Å². The molecule has 4 nitrogen and oxygen atoms in total. The Bertz CT molecular complexity index is 248. The first-order chi connectivity index (χ1) is 5.68. The van der Waals surface area contributed by atoms with E-state index in [-0.39, 0.29) is 5.97 Å². The summed E-state index contributed by atoms with van der Waals surface area (Å²) >= 11 is 1.49. The SMILES string of the molecule is CC(=O)OC(N)Cc1cscn1. The molecule has 66 valence electrons. The molecule has 2 N–H and O–H groups in total. The Kier molecular flexibility index (Phi) is 3.19. The highest BCUT2D eigenvalue weighted by molar-refractivity contribution is 7.07. The van der Waals surface area contributed by atoms with Gasteiger partial charge in [-0.1, -0.05) is 0 Å². The second-order valence-electron chi connectivity index (χ2n) is 2.33. The molecule has 0 bridgehead atoms. The normalized spacial score (nSPS) is 12.5. The van der Waals surface area contributed by atoms with E-state index in [4.69, 9.17) is 10.5 Å². The molecule has 5 heteroatoms. The molecule has 0 aromatic carbocycles. The van der Waals surface area contributed by atoms with Gasteiger partial charge in [0.05, 0.1) is 11.2 Å². The molecule has 0 fully saturated rings. The second-order valence-corrected chi connectivity index (χ2v) is 3.05. The summed E-state index contributed by atoms with van der Waals surface area (Å²) in [5.41, 5.74) is 8.06. The first-order valence-corrected chi connectivity index (χ1v) is 4.42. The molecule has 0 aliphatic rings. The number of carbonyl (C=O) groups is 1. The molecule has 1 heterocycles. The van der Waals surface area contributed by atoms with Crippen LogP contribution in [-0.2, 0) is 16.0 Å². The molecule has 0 aliphatic carbocycles. The fourth-order valence-corrected chi connectivity index (χ4v) is 1.37. The van der Waals surface area contributed by atoms with E-state index >= 15 is 0 Å². The van der Waals surface area contributed by atoms with Crippen molar-refractivity contribution in [2.75, 3.05) is 0 Å². The standard InChI is InChI=1S/C7H10N2O2S/c1-5(10)11-7(8)2-6-3-12-4-9-6/h3-4,7H,2,8H2,1H3. The van der Waals surface area contributed by atoms with Crippen LogP contribution in [0, 0.1) is 0 Å². The van der Waals surface area contributed by atoms with Gasteiger partial charge in [-0.05, 0) is 0 Å². The Morgan fingerprint density at radius 1 is 1.92 bits per heavy atom. The van der Waals surface area contributed by atoms with Gasteiger partial charge >= 0.3 is 5.97 Å². The zero-order valence-electron chi connectivity index (χ0n) is 6.69. The number of esters is 1. The smallest absolute Gasteiger partial charge is 0.304 e. The highest BCUT2D eigenvalue weighted by Gasteiger charge is 2.07. The largest absolute Gasteiger partial charge is 0.447 e. The molecule has 0 saturated heterocycles. The van der Waals surface area contributed by atoms with Gasteiger partial charge in [0, 0.05) is 18.7 Å². The number of aromatic nitrogens is 1. The number of hydrogen-bond acceptors (Lipinski definition) is 5. The zero-order valence-corrected chi connectivity index (χ0v) is 7.50. The highest BCUT2D eigenvalue weighted by Crippen LogP contribution is 2.03. The number of carbonyl (C=O) groups excluding carboxylic acids is 1. The van der Waals surface area contributed by atoms with E-state index in [0.717, 1.165) is 5.69 Å². The predicted molar refractivity (Wildman–Crippen MR) is 45.6 cm³/mol. The Morgan fingerprint density at radius 3 is 3.17 bits per heavy atom. The highest BCUT2D eigenvalue weighted by atomic mass is 32.1. The van der Waals surface area contributed by atoms with E-state index in [1.807, 2.05) is 5.38 Å². The maximum atomic E-state index is 10.5. The third kappa shape index (κ3) is 2.98. The molecular weight excluding hydrogens is 176 g/mol. The average molecular weight is 186 g/mol. The van der Waals surface area contributed by atoms with E-state index in [1.165, 1.54) is 18.3 Å². The van der Waals surface area contributed by atoms with Crippen molar-refractivity contribution < 1.29 is 9.53 Å². The van der Waals surface area contributed by atoms with Crippen molar-refractivity contribution in [2.45, 2.75) is 19.6 Å². The minimum Gasteiger partial charge on any atom is -0.447 e. The number of thiazole rings is 1. The van der Waals surface area contributed by atoms with Crippen LogP contribution in [0.4, 0.5) is 0 Å². The molecule has 1 aromatic rings. The van der Waals surface area contributed by atoms with Gasteiger partial charge in [0.25, 0.3) is 0 Å². The van der Waals surface area contributed by atoms with Gasteiger partial charge in [-0.3, -0.25) is 10.5 Å². The van der Waals surface area contributed by atoms with Gasteiger partial charge in [-0.15, -0.1) is 11.3 Å². The second kappa shape index (κ2) is 4.18. The van der Waals surface area contributed by atoms with Crippen molar-refractivity contribution >= 4 is 17.3 Å². The van der Waals surface area contributed by atoms with Crippen LogP contribution in [0.15, 0.2) is 10.9 Å². The molecule has 0 aliphatic heterocycles. The summed E-state index contributed by atoms with van der Waals surface area (Å²) in [6.07, 6.45) is -0.104. The van der Waals surface area contributed by atoms with Crippen molar-refractivity contribution in [2.24, 2.45) is 5.73 Å². The van der Waals surface area contributed by atoms with Gasteiger partial charge in [0.1, 0.15) is 0 Å². The van der Waals surface area contributed by atoms with E-state index in [2.05, 4.69) is 4.98 Å². The van der Waals surface area contributed by atoms with E-state index in [0.29, 0.717) is 6.42 Å². The fourth-order valence-electron chi connectivity index (χ4n) is 0.799. The lowest BCUT2D eigenvalue weighted by Crippen LogP contribution is -2.28. The maximum Gasteiger partial charge on any atom is 0.304 e. The molecule has 0 saturated carbocycles. The predicted octanol–water partition coefficient (Wildman–Crippen LogP) is 0.533. The average Bonchev–Trinajstić information content (AvgIpc) is 2.37. The zero-order chi connectivity index (χ0) is 8.97. The maximum absolute atomic E-state index is 10.5. The molecule has 1 atom stereocenters. The molecule has 0 spiro atoms. The van der Waals surface area contributed by atoms with E-state index in [1.54, 1.807) is 5.51 Å².